The third kappa shape index (κ3) is 4.89. The monoisotopic (exact) mass is 233 g/mol. The van der Waals surface area contributed by atoms with Gasteiger partial charge < -0.3 is 15.4 Å². The summed E-state index contributed by atoms with van der Waals surface area (Å²) in [7, 11) is 1.62. The van der Waals surface area contributed by atoms with Gasteiger partial charge in [-0.15, -0.1) is 0 Å². The Labute approximate surface area is 100 Å². The van der Waals surface area contributed by atoms with Crippen LogP contribution in [-0.4, -0.2) is 26.2 Å². The summed E-state index contributed by atoms with van der Waals surface area (Å²) >= 11 is 0. The van der Waals surface area contributed by atoms with Crippen molar-refractivity contribution in [2.45, 2.75) is 6.42 Å². The van der Waals surface area contributed by atoms with Crippen molar-refractivity contribution in [3.63, 3.8) is 0 Å². The molecule has 90 valence electrons. The fraction of sp³-hybridized carbons (Fsp3) is 0.333. The summed E-state index contributed by atoms with van der Waals surface area (Å²) < 4.78 is 5.05. The largest absolute Gasteiger partial charge is 0.497 e. The first kappa shape index (κ1) is 12.8. The smallest absolute Gasteiger partial charge is 0.315 e. The van der Waals surface area contributed by atoms with Crippen LogP contribution >= 0.6 is 0 Å². The van der Waals surface area contributed by atoms with Crippen molar-refractivity contribution in [1.29, 1.82) is 5.26 Å². The van der Waals surface area contributed by atoms with Crippen LogP contribution in [-0.2, 0) is 6.42 Å². The molecule has 0 bridgehead atoms. The molecule has 0 spiro atoms. The molecule has 17 heavy (non-hydrogen) atoms. The van der Waals surface area contributed by atoms with Gasteiger partial charge in [-0.25, -0.2) is 4.79 Å². The second kappa shape index (κ2) is 7.12. The molecule has 0 atom stereocenters. The van der Waals surface area contributed by atoms with Crippen molar-refractivity contribution in [3.8, 4) is 11.8 Å². The normalized spacial score (nSPS) is 9.18. The zero-order valence-electron chi connectivity index (χ0n) is 9.69. The Morgan fingerprint density at radius 2 is 2.06 bits per heavy atom. The van der Waals surface area contributed by atoms with Crippen LogP contribution in [0.3, 0.4) is 0 Å². The topological polar surface area (TPSA) is 74.2 Å². The van der Waals surface area contributed by atoms with E-state index < -0.39 is 0 Å². The highest BCUT2D eigenvalue weighted by Crippen LogP contribution is 2.11. The highest BCUT2D eigenvalue weighted by Gasteiger charge is 1.98. The Kier molecular flexibility index (Phi) is 5.38. The molecule has 2 amide bonds. The highest BCUT2D eigenvalue weighted by molar-refractivity contribution is 5.74. The predicted molar refractivity (Wildman–Crippen MR) is 63.7 cm³/mol. The molecule has 0 fully saturated rings. The molecule has 0 aromatic heterocycles. The zero-order valence-corrected chi connectivity index (χ0v) is 9.69. The van der Waals surface area contributed by atoms with Crippen LogP contribution in [0.25, 0.3) is 0 Å². The third-order valence-electron chi connectivity index (χ3n) is 2.19. The van der Waals surface area contributed by atoms with Gasteiger partial charge in [-0.2, -0.15) is 5.26 Å². The van der Waals surface area contributed by atoms with E-state index in [9.17, 15) is 4.79 Å². The van der Waals surface area contributed by atoms with Crippen molar-refractivity contribution in [2.75, 3.05) is 20.2 Å². The van der Waals surface area contributed by atoms with Gasteiger partial charge in [-0.3, -0.25) is 0 Å². The number of urea groups is 1. The standard InChI is InChI=1S/C12H15N3O2/c1-17-11-4-2-10(3-5-11)6-8-14-12(16)15-9-7-13/h2-5H,6,8-9H2,1H3,(H2,14,15,16). The van der Waals surface area contributed by atoms with Gasteiger partial charge in [0, 0.05) is 6.54 Å². The van der Waals surface area contributed by atoms with Crippen molar-refractivity contribution in [1.82, 2.24) is 10.6 Å². The molecule has 2 N–H and O–H groups in total. The number of ether oxygens (including phenoxy) is 1. The zero-order chi connectivity index (χ0) is 12.5. The van der Waals surface area contributed by atoms with E-state index in [2.05, 4.69) is 10.6 Å². The molecular formula is C12H15N3O2. The van der Waals surface area contributed by atoms with Crippen LogP contribution in [0.4, 0.5) is 4.79 Å². The summed E-state index contributed by atoms with van der Waals surface area (Å²) in [4.78, 5) is 11.1. The Morgan fingerprint density at radius 3 is 2.65 bits per heavy atom. The van der Waals surface area contributed by atoms with E-state index in [4.69, 9.17) is 10.00 Å². The predicted octanol–water partition coefficient (Wildman–Crippen LogP) is 1.06. The first-order valence-electron chi connectivity index (χ1n) is 5.28. The van der Waals surface area contributed by atoms with Gasteiger partial charge >= 0.3 is 6.03 Å². The quantitative estimate of drug-likeness (QED) is 0.747. The number of amides is 2. The molecule has 0 aliphatic rings. The number of benzene rings is 1. The van der Waals surface area contributed by atoms with Gasteiger partial charge in [0.15, 0.2) is 0 Å². The van der Waals surface area contributed by atoms with Crippen LogP contribution in [0.5, 0.6) is 5.75 Å². The lowest BCUT2D eigenvalue weighted by Crippen LogP contribution is -2.36. The fourth-order valence-electron chi connectivity index (χ4n) is 1.29. The van der Waals surface area contributed by atoms with E-state index in [1.165, 1.54) is 0 Å². The van der Waals surface area contributed by atoms with E-state index in [0.29, 0.717) is 6.54 Å². The van der Waals surface area contributed by atoms with Crippen LogP contribution in [0.2, 0.25) is 0 Å². The first-order chi connectivity index (χ1) is 8.26. The Hall–Kier alpha value is -2.22. The average Bonchev–Trinajstić information content (AvgIpc) is 2.37. The minimum absolute atomic E-state index is 0.0222. The number of carbonyl (C=O) groups excluding carboxylic acids is 1. The molecular weight excluding hydrogens is 218 g/mol. The number of rotatable bonds is 5. The Balaban J connectivity index is 2.26. The lowest BCUT2D eigenvalue weighted by molar-refractivity contribution is 0.242. The summed E-state index contributed by atoms with van der Waals surface area (Å²) in [6.07, 6.45) is 0.740. The van der Waals surface area contributed by atoms with Gasteiger partial charge in [0.1, 0.15) is 12.3 Å². The van der Waals surface area contributed by atoms with Crippen LogP contribution in [0.15, 0.2) is 24.3 Å². The molecule has 5 nitrogen and oxygen atoms in total. The number of carbonyl (C=O) groups is 1. The fourth-order valence-corrected chi connectivity index (χ4v) is 1.29. The molecule has 1 rings (SSSR count). The van der Waals surface area contributed by atoms with E-state index in [-0.39, 0.29) is 12.6 Å². The molecule has 1 aromatic rings. The van der Waals surface area contributed by atoms with Crippen molar-refractivity contribution in [3.05, 3.63) is 29.8 Å². The van der Waals surface area contributed by atoms with Gasteiger partial charge in [-0.05, 0) is 24.1 Å². The van der Waals surface area contributed by atoms with Crippen LogP contribution in [0.1, 0.15) is 5.56 Å². The lowest BCUT2D eigenvalue weighted by atomic mass is 10.1. The molecule has 5 heteroatoms. The van der Waals surface area contributed by atoms with Crippen molar-refractivity contribution in [2.24, 2.45) is 0 Å². The Morgan fingerprint density at radius 1 is 1.35 bits per heavy atom. The molecule has 0 saturated carbocycles. The Bertz CT molecular complexity index is 395. The van der Waals surface area contributed by atoms with E-state index in [0.717, 1.165) is 17.7 Å². The molecule has 0 heterocycles. The third-order valence-corrected chi connectivity index (χ3v) is 2.19. The van der Waals surface area contributed by atoms with Gasteiger partial charge in [-0.1, -0.05) is 12.1 Å². The SMILES string of the molecule is COc1ccc(CCNC(=O)NCC#N)cc1. The van der Waals surface area contributed by atoms with Gasteiger partial charge in [0.25, 0.3) is 0 Å². The summed E-state index contributed by atoms with van der Waals surface area (Å²) in [5.41, 5.74) is 1.12. The van der Waals surface area contributed by atoms with E-state index >= 15 is 0 Å². The molecule has 1 aromatic carbocycles. The number of nitriles is 1. The maximum atomic E-state index is 11.1. The summed E-state index contributed by atoms with van der Waals surface area (Å²) in [5, 5.41) is 13.3. The summed E-state index contributed by atoms with van der Waals surface area (Å²) in [5.74, 6) is 0.813. The number of nitrogens with zero attached hydrogens (tertiary/aromatic N) is 1. The molecule has 0 aliphatic heterocycles. The molecule has 0 aliphatic carbocycles. The average molecular weight is 233 g/mol. The maximum absolute atomic E-state index is 11.1. The second-order valence-electron chi connectivity index (χ2n) is 3.37. The molecule has 0 saturated heterocycles. The number of hydrogen-bond acceptors (Lipinski definition) is 3. The molecule has 0 radical (unpaired) electrons. The summed E-state index contributed by atoms with van der Waals surface area (Å²) in [6, 6.07) is 9.18. The van der Waals surface area contributed by atoms with Crippen LogP contribution in [0, 0.1) is 11.3 Å². The number of methoxy groups -OCH3 is 1. The minimum Gasteiger partial charge on any atom is -0.497 e. The minimum atomic E-state index is -0.319. The second-order valence-corrected chi connectivity index (χ2v) is 3.37. The molecule has 0 unspecified atom stereocenters. The highest BCUT2D eigenvalue weighted by atomic mass is 16.5. The van der Waals surface area contributed by atoms with Gasteiger partial charge in [0.2, 0.25) is 0 Å². The first-order valence-corrected chi connectivity index (χ1v) is 5.28. The van der Waals surface area contributed by atoms with E-state index in [1.54, 1.807) is 7.11 Å². The number of nitrogens with one attached hydrogen (secondary N) is 2. The summed E-state index contributed by atoms with van der Waals surface area (Å²) in [6.45, 7) is 0.554. The van der Waals surface area contributed by atoms with E-state index in [1.807, 2.05) is 30.3 Å². The van der Waals surface area contributed by atoms with Crippen molar-refractivity contribution >= 4 is 6.03 Å². The number of hydrogen-bond donors (Lipinski definition) is 2. The van der Waals surface area contributed by atoms with Gasteiger partial charge in [0.05, 0.1) is 13.2 Å². The van der Waals surface area contributed by atoms with Crippen molar-refractivity contribution < 1.29 is 9.53 Å². The van der Waals surface area contributed by atoms with Crippen LogP contribution < -0.4 is 15.4 Å². The lowest BCUT2D eigenvalue weighted by Gasteiger charge is -2.06. The maximum Gasteiger partial charge on any atom is 0.315 e.